The summed E-state index contributed by atoms with van der Waals surface area (Å²) in [7, 11) is 0. The highest BCUT2D eigenvalue weighted by molar-refractivity contribution is 7.99. The molecule has 1 amide bonds. The number of ether oxygens (including phenoxy) is 1. The number of hydrogen-bond acceptors (Lipinski definition) is 4. The maximum atomic E-state index is 12.1. The van der Waals surface area contributed by atoms with E-state index in [1.54, 1.807) is 11.8 Å². The average molecular weight is 356 g/mol. The van der Waals surface area contributed by atoms with Crippen LogP contribution in [0.1, 0.15) is 11.1 Å². The van der Waals surface area contributed by atoms with Crippen LogP contribution in [0.3, 0.4) is 0 Å². The highest BCUT2D eigenvalue weighted by Gasteiger charge is 2.11. The lowest BCUT2D eigenvalue weighted by molar-refractivity contribution is -0.113. The fourth-order valence-electron chi connectivity index (χ4n) is 2.84. The first-order valence-corrected chi connectivity index (χ1v) is 9.72. The lowest BCUT2D eigenvalue weighted by Crippen LogP contribution is -2.36. The zero-order valence-electron chi connectivity index (χ0n) is 14.5. The fraction of sp³-hybridized carbons (Fsp3) is 0.350. The van der Waals surface area contributed by atoms with E-state index in [0.29, 0.717) is 5.75 Å². The minimum Gasteiger partial charge on any atom is -0.378 e. The van der Waals surface area contributed by atoms with Crippen molar-refractivity contribution in [1.29, 1.82) is 0 Å². The van der Waals surface area contributed by atoms with Gasteiger partial charge in [-0.05, 0) is 36.8 Å². The molecule has 0 unspecified atom stereocenters. The summed E-state index contributed by atoms with van der Waals surface area (Å²) in [4.78, 5) is 14.4. The number of benzene rings is 2. The van der Waals surface area contributed by atoms with E-state index in [1.165, 1.54) is 16.8 Å². The zero-order chi connectivity index (χ0) is 17.5. The Labute approximate surface area is 153 Å². The molecular weight excluding hydrogens is 332 g/mol. The molecule has 2 aromatic carbocycles. The maximum absolute atomic E-state index is 12.1. The largest absolute Gasteiger partial charge is 0.378 e. The van der Waals surface area contributed by atoms with Crippen LogP contribution >= 0.6 is 11.8 Å². The lowest BCUT2D eigenvalue weighted by Gasteiger charge is -2.28. The molecule has 2 aromatic rings. The first kappa shape index (κ1) is 17.8. The van der Waals surface area contributed by atoms with Crippen molar-refractivity contribution in [3.8, 4) is 0 Å². The molecule has 4 nitrogen and oxygen atoms in total. The number of anilines is 2. The number of rotatable bonds is 6. The van der Waals surface area contributed by atoms with Crippen molar-refractivity contribution in [2.75, 3.05) is 42.3 Å². The molecule has 1 aliphatic heterocycles. The van der Waals surface area contributed by atoms with Gasteiger partial charge in [-0.25, -0.2) is 0 Å². The summed E-state index contributed by atoms with van der Waals surface area (Å²) in [5.74, 6) is 1.35. The third-order valence-corrected chi connectivity index (χ3v) is 5.12. The summed E-state index contributed by atoms with van der Waals surface area (Å²) in [5.41, 5.74) is 4.53. The molecule has 25 heavy (non-hydrogen) atoms. The van der Waals surface area contributed by atoms with Crippen LogP contribution in [-0.4, -0.2) is 38.0 Å². The normalized spacial score (nSPS) is 14.4. The lowest BCUT2D eigenvalue weighted by atomic mass is 10.2. The van der Waals surface area contributed by atoms with Crippen LogP contribution < -0.4 is 10.2 Å². The molecule has 1 saturated heterocycles. The summed E-state index contributed by atoms with van der Waals surface area (Å²) in [6, 6.07) is 16.4. The summed E-state index contributed by atoms with van der Waals surface area (Å²) in [6.45, 7) is 5.47. The van der Waals surface area contributed by atoms with Gasteiger partial charge in [0.1, 0.15) is 0 Å². The molecule has 1 fully saturated rings. The molecule has 0 aromatic heterocycles. The van der Waals surface area contributed by atoms with Gasteiger partial charge in [-0.3, -0.25) is 4.79 Å². The van der Waals surface area contributed by atoms with Gasteiger partial charge in [-0.1, -0.05) is 29.8 Å². The molecular formula is C20H24N2O2S. The molecule has 0 spiro atoms. The molecule has 5 heteroatoms. The number of carbonyl (C=O) groups excluding carboxylic acids is 1. The second-order valence-electron chi connectivity index (χ2n) is 6.18. The van der Waals surface area contributed by atoms with Crippen LogP contribution in [0, 0.1) is 6.92 Å². The van der Waals surface area contributed by atoms with E-state index in [1.807, 2.05) is 12.1 Å². The third-order valence-electron chi connectivity index (χ3n) is 4.11. The summed E-state index contributed by atoms with van der Waals surface area (Å²) < 4.78 is 5.37. The minimum absolute atomic E-state index is 0.0387. The number of nitrogens with one attached hydrogen (secondary N) is 1. The number of thioether (sulfide) groups is 1. The van der Waals surface area contributed by atoms with E-state index < -0.39 is 0 Å². The van der Waals surface area contributed by atoms with Gasteiger partial charge in [-0.15, -0.1) is 11.8 Å². The quantitative estimate of drug-likeness (QED) is 0.857. The molecule has 0 radical (unpaired) electrons. The predicted octanol–water partition coefficient (Wildman–Crippen LogP) is 3.70. The topological polar surface area (TPSA) is 41.6 Å². The standard InChI is InChI=1S/C20H24N2O2S/c1-16-3-2-4-17(13-16)14-25-15-20(23)21-18-5-7-19(8-6-18)22-9-11-24-12-10-22/h2-8,13H,9-12,14-15H2,1H3,(H,21,23). The van der Waals surface area contributed by atoms with Gasteiger partial charge in [-0.2, -0.15) is 0 Å². The number of carbonyl (C=O) groups is 1. The Morgan fingerprint density at radius 1 is 1.16 bits per heavy atom. The third kappa shape index (κ3) is 5.51. The molecule has 0 aliphatic carbocycles. The number of hydrogen-bond donors (Lipinski definition) is 1. The Hall–Kier alpha value is -1.98. The number of aryl methyl sites for hydroxylation is 1. The number of morpholine rings is 1. The van der Waals surface area contributed by atoms with Crippen molar-refractivity contribution in [1.82, 2.24) is 0 Å². The molecule has 0 bridgehead atoms. The van der Waals surface area contributed by atoms with Gasteiger partial charge in [0.2, 0.25) is 5.91 Å². The Kier molecular flexibility index (Phi) is 6.36. The summed E-state index contributed by atoms with van der Waals surface area (Å²) in [5, 5.41) is 2.97. The highest BCUT2D eigenvalue weighted by Crippen LogP contribution is 2.19. The summed E-state index contributed by atoms with van der Waals surface area (Å²) >= 11 is 1.63. The van der Waals surface area contributed by atoms with Crippen molar-refractivity contribution in [3.63, 3.8) is 0 Å². The zero-order valence-corrected chi connectivity index (χ0v) is 15.3. The van der Waals surface area contributed by atoms with Crippen LogP contribution in [0.2, 0.25) is 0 Å². The van der Waals surface area contributed by atoms with E-state index in [0.717, 1.165) is 37.7 Å². The van der Waals surface area contributed by atoms with Crippen LogP contribution in [-0.2, 0) is 15.3 Å². The molecule has 1 heterocycles. The van der Waals surface area contributed by atoms with Gasteiger partial charge in [0.05, 0.1) is 19.0 Å². The van der Waals surface area contributed by atoms with E-state index in [2.05, 4.69) is 53.5 Å². The number of amides is 1. The van der Waals surface area contributed by atoms with E-state index in [-0.39, 0.29) is 5.91 Å². The van der Waals surface area contributed by atoms with Crippen LogP contribution in [0.25, 0.3) is 0 Å². The first-order chi connectivity index (χ1) is 12.2. The van der Waals surface area contributed by atoms with E-state index in [9.17, 15) is 4.79 Å². The SMILES string of the molecule is Cc1cccc(CSCC(=O)Nc2ccc(N3CCOCC3)cc2)c1. The van der Waals surface area contributed by atoms with Crippen LogP contribution in [0.5, 0.6) is 0 Å². The summed E-state index contributed by atoms with van der Waals surface area (Å²) in [6.07, 6.45) is 0. The van der Waals surface area contributed by atoms with Crippen molar-refractivity contribution in [2.24, 2.45) is 0 Å². The van der Waals surface area contributed by atoms with Crippen LogP contribution in [0.4, 0.5) is 11.4 Å². The Bertz CT molecular complexity index is 697. The maximum Gasteiger partial charge on any atom is 0.234 e. The second-order valence-corrected chi connectivity index (χ2v) is 7.16. The Morgan fingerprint density at radius 2 is 1.92 bits per heavy atom. The van der Waals surface area contributed by atoms with Gasteiger partial charge >= 0.3 is 0 Å². The van der Waals surface area contributed by atoms with E-state index >= 15 is 0 Å². The monoisotopic (exact) mass is 356 g/mol. The molecule has 0 saturated carbocycles. The Balaban J connectivity index is 1.44. The van der Waals surface area contributed by atoms with Gasteiger partial charge in [0.25, 0.3) is 0 Å². The number of nitrogens with zero attached hydrogens (tertiary/aromatic N) is 1. The van der Waals surface area contributed by atoms with Gasteiger partial charge in [0, 0.05) is 30.2 Å². The van der Waals surface area contributed by atoms with Crippen molar-refractivity contribution >= 4 is 29.0 Å². The molecule has 132 valence electrons. The van der Waals surface area contributed by atoms with Crippen LogP contribution in [0.15, 0.2) is 48.5 Å². The van der Waals surface area contributed by atoms with Crippen molar-refractivity contribution in [2.45, 2.75) is 12.7 Å². The van der Waals surface area contributed by atoms with Crippen molar-refractivity contribution < 1.29 is 9.53 Å². The molecule has 0 atom stereocenters. The van der Waals surface area contributed by atoms with E-state index in [4.69, 9.17) is 4.74 Å². The minimum atomic E-state index is 0.0387. The predicted molar refractivity (Wildman–Crippen MR) is 105 cm³/mol. The first-order valence-electron chi connectivity index (χ1n) is 8.56. The second kappa shape index (κ2) is 8.92. The fourth-order valence-corrected chi connectivity index (χ4v) is 3.61. The smallest absolute Gasteiger partial charge is 0.234 e. The highest BCUT2D eigenvalue weighted by atomic mass is 32.2. The van der Waals surface area contributed by atoms with Gasteiger partial charge < -0.3 is 15.0 Å². The van der Waals surface area contributed by atoms with Gasteiger partial charge in [0.15, 0.2) is 0 Å². The molecule has 3 rings (SSSR count). The Morgan fingerprint density at radius 3 is 2.64 bits per heavy atom. The molecule has 1 aliphatic rings. The average Bonchev–Trinajstić information content (AvgIpc) is 2.63. The molecule has 1 N–H and O–H groups in total. The van der Waals surface area contributed by atoms with Crippen molar-refractivity contribution in [3.05, 3.63) is 59.7 Å².